The van der Waals surface area contributed by atoms with Crippen LogP contribution in [0.4, 0.5) is 8.78 Å². The Morgan fingerprint density at radius 1 is 0.654 bits per heavy atom. The number of benzene rings is 2. The minimum absolute atomic E-state index is 0.0298. The first-order chi connectivity index (χ1) is 12.3. The maximum Gasteiger partial charge on any atom is 0.346 e. The van der Waals surface area contributed by atoms with Crippen LogP contribution in [-0.2, 0) is 9.47 Å². The van der Waals surface area contributed by atoms with Crippen LogP contribution >= 0.6 is 0 Å². The van der Waals surface area contributed by atoms with Crippen LogP contribution in [0.25, 0.3) is 11.1 Å². The van der Waals surface area contributed by atoms with Gasteiger partial charge in [-0.3, -0.25) is 0 Å². The number of esters is 4. The van der Waals surface area contributed by atoms with Gasteiger partial charge < -0.3 is 9.47 Å². The molecule has 4 rings (SSSR count). The Bertz CT molecular complexity index is 1050. The van der Waals surface area contributed by atoms with Crippen molar-refractivity contribution in [1.29, 1.82) is 0 Å². The highest BCUT2D eigenvalue weighted by molar-refractivity contribution is 6.17. The molecule has 0 saturated carbocycles. The molecule has 2 aromatic rings. The van der Waals surface area contributed by atoms with Crippen LogP contribution in [0, 0.1) is 6.92 Å². The molecular formula is C18H8F2O6. The molecule has 2 heterocycles. The molecule has 8 heteroatoms. The van der Waals surface area contributed by atoms with E-state index in [-0.39, 0.29) is 33.4 Å². The number of carbonyl (C=O) groups is 4. The first-order valence-electron chi connectivity index (χ1n) is 7.42. The molecule has 0 radical (unpaired) electrons. The Kier molecular flexibility index (Phi) is 3.27. The molecule has 0 aromatic heterocycles. The maximum absolute atomic E-state index is 13.6. The zero-order valence-electron chi connectivity index (χ0n) is 13.1. The second kappa shape index (κ2) is 5.29. The van der Waals surface area contributed by atoms with E-state index >= 15 is 0 Å². The van der Waals surface area contributed by atoms with Crippen molar-refractivity contribution >= 4 is 23.9 Å². The van der Waals surface area contributed by atoms with E-state index in [0.717, 1.165) is 12.1 Å². The molecule has 2 aliphatic rings. The van der Waals surface area contributed by atoms with Crippen LogP contribution in [0.3, 0.4) is 0 Å². The van der Waals surface area contributed by atoms with Crippen LogP contribution in [0.1, 0.15) is 59.0 Å². The highest BCUT2D eigenvalue weighted by Gasteiger charge is 2.35. The molecule has 0 aliphatic carbocycles. The lowest BCUT2D eigenvalue weighted by molar-refractivity contribution is 0.0425. The van der Waals surface area contributed by atoms with Gasteiger partial charge >= 0.3 is 23.9 Å². The Balaban J connectivity index is 2.00. The van der Waals surface area contributed by atoms with Crippen LogP contribution in [0.2, 0.25) is 0 Å². The number of hydrogen-bond acceptors (Lipinski definition) is 6. The fourth-order valence-corrected chi connectivity index (χ4v) is 3.09. The molecular weight excluding hydrogens is 350 g/mol. The first-order valence-corrected chi connectivity index (χ1v) is 7.42. The summed E-state index contributed by atoms with van der Waals surface area (Å²) in [5.74, 6) is -3.60. The molecule has 0 fully saturated rings. The van der Waals surface area contributed by atoms with Gasteiger partial charge in [-0.2, -0.15) is 0 Å². The Labute approximate surface area is 144 Å². The molecule has 130 valence electrons. The smallest absolute Gasteiger partial charge is 0.346 e. The van der Waals surface area contributed by atoms with Gasteiger partial charge in [0.2, 0.25) is 0 Å². The number of carbonyl (C=O) groups excluding carboxylic acids is 4. The third-order valence-electron chi connectivity index (χ3n) is 4.33. The van der Waals surface area contributed by atoms with Gasteiger partial charge in [-0.1, -0.05) is 0 Å². The van der Waals surface area contributed by atoms with Gasteiger partial charge in [0.25, 0.3) is 6.43 Å². The molecule has 26 heavy (non-hydrogen) atoms. The van der Waals surface area contributed by atoms with E-state index in [9.17, 15) is 28.0 Å². The average Bonchev–Trinajstić information content (AvgIpc) is 3.01. The van der Waals surface area contributed by atoms with E-state index < -0.39 is 35.9 Å². The molecule has 0 spiro atoms. The third kappa shape index (κ3) is 2.15. The summed E-state index contributed by atoms with van der Waals surface area (Å²) < 4.78 is 36.1. The predicted molar refractivity (Wildman–Crippen MR) is 81.1 cm³/mol. The van der Waals surface area contributed by atoms with Gasteiger partial charge in [-0.15, -0.1) is 0 Å². The number of halogens is 2. The number of cyclic esters (lactones) is 4. The molecule has 2 aliphatic heterocycles. The largest absolute Gasteiger partial charge is 0.386 e. The van der Waals surface area contributed by atoms with Crippen LogP contribution in [-0.4, -0.2) is 23.9 Å². The van der Waals surface area contributed by atoms with Crippen molar-refractivity contribution in [2.75, 3.05) is 0 Å². The number of alkyl halides is 2. The quantitative estimate of drug-likeness (QED) is 0.605. The highest BCUT2D eigenvalue weighted by atomic mass is 19.3. The summed E-state index contributed by atoms with van der Waals surface area (Å²) in [6, 6.07) is 4.69. The van der Waals surface area contributed by atoms with Crippen molar-refractivity contribution in [2.45, 2.75) is 13.3 Å². The van der Waals surface area contributed by atoms with E-state index in [1.807, 2.05) is 0 Å². The molecule has 0 saturated heterocycles. The molecule has 0 amide bonds. The van der Waals surface area contributed by atoms with Gasteiger partial charge in [-0.25, -0.2) is 28.0 Å². The minimum Gasteiger partial charge on any atom is -0.386 e. The zero-order chi connectivity index (χ0) is 18.7. The van der Waals surface area contributed by atoms with Crippen LogP contribution < -0.4 is 0 Å². The fraction of sp³-hybridized carbons (Fsp3) is 0.111. The van der Waals surface area contributed by atoms with Crippen LogP contribution in [0.15, 0.2) is 24.3 Å². The van der Waals surface area contributed by atoms with Crippen molar-refractivity contribution in [1.82, 2.24) is 0 Å². The van der Waals surface area contributed by atoms with Gasteiger partial charge in [0.15, 0.2) is 0 Å². The first kappa shape index (κ1) is 16.1. The van der Waals surface area contributed by atoms with Gasteiger partial charge in [0.05, 0.1) is 22.3 Å². The second-order valence-electron chi connectivity index (χ2n) is 5.85. The molecule has 0 N–H and O–H groups in total. The zero-order valence-corrected chi connectivity index (χ0v) is 13.1. The number of aryl methyl sites for hydroxylation is 1. The number of rotatable bonds is 2. The van der Waals surface area contributed by atoms with Crippen molar-refractivity contribution in [2.24, 2.45) is 0 Å². The Hall–Kier alpha value is -3.42. The van der Waals surface area contributed by atoms with E-state index in [0.29, 0.717) is 5.56 Å². The summed E-state index contributed by atoms with van der Waals surface area (Å²) in [6.45, 7) is 1.57. The topological polar surface area (TPSA) is 86.7 Å². The highest BCUT2D eigenvalue weighted by Crippen LogP contribution is 2.39. The summed E-state index contributed by atoms with van der Waals surface area (Å²) in [5.41, 5.74) is -0.236. The van der Waals surface area contributed by atoms with Gasteiger partial charge in [-0.05, 0) is 47.9 Å². The summed E-state index contributed by atoms with van der Waals surface area (Å²) in [5, 5.41) is 0. The van der Waals surface area contributed by atoms with E-state index in [1.165, 1.54) is 12.1 Å². The summed E-state index contributed by atoms with van der Waals surface area (Å²) in [4.78, 5) is 46.8. The molecule has 2 aromatic carbocycles. The Morgan fingerprint density at radius 2 is 1.08 bits per heavy atom. The third-order valence-corrected chi connectivity index (χ3v) is 4.33. The SMILES string of the molecule is Cc1cc2c(cc1-c1cc3c(cc1C(F)F)C(=O)OC3=O)C(=O)OC2=O. The Morgan fingerprint density at radius 3 is 1.58 bits per heavy atom. The number of ether oxygens (including phenoxy) is 2. The normalized spacial score (nSPS) is 15.2. The minimum atomic E-state index is -2.94. The molecule has 0 atom stereocenters. The number of fused-ring (bicyclic) bond motifs is 2. The summed E-state index contributed by atoms with van der Waals surface area (Å²) in [6.07, 6.45) is -2.94. The molecule has 6 nitrogen and oxygen atoms in total. The van der Waals surface area contributed by atoms with Crippen molar-refractivity contribution in [3.8, 4) is 11.1 Å². The lowest BCUT2D eigenvalue weighted by Crippen LogP contribution is -2.01. The van der Waals surface area contributed by atoms with Crippen LogP contribution in [0.5, 0.6) is 0 Å². The van der Waals surface area contributed by atoms with Gasteiger partial charge in [0, 0.05) is 5.56 Å². The van der Waals surface area contributed by atoms with Crippen molar-refractivity contribution in [3.05, 3.63) is 57.6 Å². The summed E-state index contributed by atoms with van der Waals surface area (Å²) >= 11 is 0. The molecule has 0 bridgehead atoms. The molecule has 0 unspecified atom stereocenters. The fourth-order valence-electron chi connectivity index (χ4n) is 3.09. The van der Waals surface area contributed by atoms with Crippen molar-refractivity contribution in [3.63, 3.8) is 0 Å². The van der Waals surface area contributed by atoms with E-state index in [2.05, 4.69) is 9.47 Å². The summed E-state index contributed by atoms with van der Waals surface area (Å²) in [7, 11) is 0. The standard InChI is InChI=1S/C18H8F2O6/c1-6-2-10-11(16(22)25-15(10)21)3-7(6)8-4-12-13(5-9(8)14(19)20)18(24)26-17(12)23/h2-5,14H,1H3. The monoisotopic (exact) mass is 358 g/mol. The predicted octanol–water partition coefficient (Wildman–Crippen LogP) is 3.22. The van der Waals surface area contributed by atoms with Gasteiger partial charge in [0.1, 0.15) is 0 Å². The maximum atomic E-state index is 13.6. The average molecular weight is 358 g/mol. The number of hydrogen-bond donors (Lipinski definition) is 0. The second-order valence-corrected chi connectivity index (χ2v) is 5.85. The van der Waals surface area contributed by atoms with E-state index in [4.69, 9.17) is 0 Å². The van der Waals surface area contributed by atoms with Crippen molar-refractivity contribution < 1.29 is 37.4 Å². The lowest BCUT2D eigenvalue weighted by Gasteiger charge is -2.13. The lowest BCUT2D eigenvalue weighted by atomic mass is 9.90. The van der Waals surface area contributed by atoms with E-state index in [1.54, 1.807) is 6.92 Å².